The van der Waals surface area contributed by atoms with Crippen molar-refractivity contribution >= 4 is 33.3 Å². The number of aromatic nitrogens is 2. The summed E-state index contributed by atoms with van der Waals surface area (Å²) in [7, 11) is 0. The standard InChI is InChI=1S/C22H25N3OS/c1-15-9-11-17(21-25-18-8-5-13-23-22(18)27-21)14-19(15)24-20(26)12-10-16-6-3-2-4-7-16/h5,8-9,11,13-14,16H,2-4,6-7,10,12H2,1H3,(H,24,26). The number of pyridine rings is 1. The van der Waals surface area contributed by atoms with Crippen LogP contribution in [0.1, 0.15) is 50.5 Å². The van der Waals surface area contributed by atoms with E-state index < -0.39 is 0 Å². The zero-order valence-electron chi connectivity index (χ0n) is 15.7. The van der Waals surface area contributed by atoms with Crippen molar-refractivity contribution in [2.45, 2.75) is 51.9 Å². The minimum absolute atomic E-state index is 0.117. The molecule has 1 N–H and O–H groups in total. The Morgan fingerprint density at radius 3 is 2.89 bits per heavy atom. The first kappa shape index (κ1) is 18.1. The Morgan fingerprint density at radius 1 is 1.22 bits per heavy atom. The second kappa shape index (κ2) is 8.17. The van der Waals surface area contributed by atoms with Crippen molar-refractivity contribution in [3.05, 3.63) is 42.1 Å². The molecule has 4 rings (SSSR count). The molecule has 5 heteroatoms. The maximum absolute atomic E-state index is 12.5. The van der Waals surface area contributed by atoms with Crippen LogP contribution in [-0.2, 0) is 4.79 Å². The van der Waals surface area contributed by atoms with Crippen molar-refractivity contribution in [1.82, 2.24) is 9.97 Å². The van der Waals surface area contributed by atoms with Gasteiger partial charge in [-0.15, -0.1) is 0 Å². The Balaban J connectivity index is 1.46. The lowest BCUT2D eigenvalue weighted by molar-refractivity contribution is -0.116. The molecular weight excluding hydrogens is 354 g/mol. The topological polar surface area (TPSA) is 54.9 Å². The molecule has 3 aromatic rings. The average Bonchev–Trinajstić information content (AvgIpc) is 3.13. The number of rotatable bonds is 5. The number of carbonyl (C=O) groups excluding carboxylic acids is 1. The quantitative estimate of drug-likeness (QED) is 0.594. The van der Waals surface area contributed by atoms with E-state index in [1.807, 2.05) is 31.2 Å². The highest BCUT2D eigenvalue weighted by Gasteiger charge is 2.16. The van der Waals surface area contributed by atoms with Crippen LogP contribution < -0.4 is 5.32 Å². The Hall–Kier alpha value is -2.27. The molecule has 140 valence electrons. The Kier molecular flexibility index (Phi) is 5.48. The second-order valence-corrected chi connectivity index (χ2v) is 8.44. The lowest BCUT2D eigenvalue weighted by Gasteiger charge is -2.21. The number of carbonyl (C=O) groups is 1. The van der Waals surface area contributed by atoms with Gasteiger partial charge in [0.1, 0.15) is 15.4 Å². The predicted molar refractivity (Wildman–Crippen MR) is 112 cm³/mol. The highest BCUT2D eigenvalue weighted by molar-refractivity contribution is 7.21. The summed E-state index contributed by atoms with van der Waals surface area (Å²) in [5, 5.41) is 4.05. The smallest absolute Gasteiger partial charge is 0.224 e. The van der Waals surface area contributed by atoms with Gasteiger partial charge in [-0.1, -0.05) is 55.6 Å². The molecule has 1 aromatic carbocycles. The number of benzene rings is 1. The van der Waals surface area contributed by atoms with Crippen LogP contribution in [0.5, 0.6) is 0 Å². The fraction of sp³-hybridized carbons (Fsp3) is 0.409. The van der Waals surface area contributed by atoms with Crippen molar-refractivity contribution in [3.63, 3.8) is 0 Å². The van der Waals surface area contributed by atoms with E-state index in [1.54, 1.807) is 17.5 Å². The fourth-order valence-corrected chi connectivity index (χ4v) is 4.71. The van der Waals surface area contributed by atoms with Gasteiger partial charge in [-0.05, 0) is 43.0 Å². The van der Waals surface area contributed by atoms with Crippen molar-refractivity contribution in [3.8, 4) is 10.6 Å². The van der Waals surface area contributed by atoms with Gasteiger partial charge in [0.25, 0.3) is 0 Å². The SMILES string of the molecule is Cc1ccc(-c2nc3cccnc3s2)cc1NC(=O)CCC1CCCCC1. The third-order valence-corrected chi connectivity index (χ3v) is 6.46. The van der Waals surface area contributed by atoms with Crippen molar-refractivity contribution in [2.24, 2.45) is 5.92 Å². The third kappa shape index (κ3) is 4.35. The molecule has 0 radical (unpaired) electrons. The van der Waals surface area contributed by atoms with Crippen LogP contribution in [-0.4, -0.2) is 15.9 Å². The van der Waals surface area contributed by atoms with Gasteiger partial charge in [0.2, 0.25) is 5.91 Å². The average molecular weight is 380 g/mol. The molecule has 4 nitrogen and oxygen atoms in total. The summed E-state index contributed by atoms with van der Waals surface area (Å²) in [6.07, 6.45) is 9.98. The summed E-state index contributed by atoms with van der Waals surface area (Å²) >= 11 is 1.58. The van der Waals surface area contributed by atoms with Crippen LogP contribution in [0, 0.1) is 12.8 Å². The number of fused-ring (bicyclic) bond motifs is 1. The third-order valence-electron chi connectivity index (χ3n) is 5.43. The highest BCUT2D eigenvalue weighted by atomic mass is 32.1. The molecular formula is C22H25N3OS. The Labute approximate surface area is 164 Å². The Bertz CT molecular complexity index is 911. The van der Waals surface area contributed by atoms with Gasteiger partial charge >= 0.3 is 0 Å². The van der Waals surface area contributed by atoms with Gasteiger partial charge in [0, 0.05) is 23.9 Å². The maximum Gasteiger partial charge on any atom is 0.224 e. The number of hydrogen-bond donors (Lipinski definition) is 1. The summed E-state index contributed by atoms with van der Waals surface area (Å²) in [6, 6.07) is 10.0. The van der Waals surface area contributed by atoms with Crippen molar-refractivity contribution < 1.29 is 4.79 Å². The summed E-state index contributed by atoms with van der Waals surface area (Å²) < 4.78 is 0. The summed E-state index contributed by atoms with van der Waals surface area (Å²) in [4.78, 5) is 22.4. The van der Waals surface area contributed by atoms with Crippen LogP contribution in [0.15, 0.2) is 36.5 Å². The van der Waals surface area contributed by atoms with E-state index in [4.69, 9.17) is 0 Å². The molecule has 0 atom stereocenters. The lowest BCUT2D eigenvalue weighted by Crippen LogP contribution is -2.15. The summed E-state index contributed by atoms with van der Waals surface area (Å²) in [5.41, 5.74) is 3.89. The fourth-order valence-electron chi connectivity index (χ4n) is 3.81. The monoisotopic (exact) mass is 379 g/mol. The van der Waals surface area contributed by atoms with E-state index in [9.17, 15) is 4.79 Å². The van der Waals surface area contributed by atoms with E-state index in [2.05, 4.69) is 21.4 Å². The summed E-state index contributed by atoms with van der Waals surface area (Å²) in [6.45, 7) is 2.03. The van der Waals surface area contributed by atoms with Gasteiger partial charge in [-0.3, -0.25) is 4.79 Å². The highest BCUT2D eigenvalue weighted by Crippen LogP contribution is 2.32. The Morgan fingerprint density at radius 2 is 2.07 bits per heavy atom. The number of anilines is 1. The normalized spacial score (nSPS) is 15.1. The summed E-state index contributed by atoms with van der Waals surface area (Å²) in [5.74, 6) is 0.846. The van der Waals surface area contributed by atoms with Gasteiger partial charge in [0.05, 0.1) is 0 Å². The molecule has 0 spiro atoms. The zero-order chi connectivity index (χ0) is 18.6. The molecule has 1 aliphatic rings. The van der Waals surface area contributed by atoms with Crippen LogP contribution in [0.25, 0.3) is 20.9 Å². The van der Waals surface area contributed by atoms with E-state index in [0.29, 0.717) is 6.42 Å². The van der Waals surface area contributed by atoms with Gasteiger partial charge in [-0.2, -0.15) is 0 Å². The van der Waals surface area contributed by atoms with E-state index in [1.165, 1.54) is 32.1 Å². The molecule has 0 saturated heterocycles. The van der Waals surface area contributed by atoms with E-state index >= 15 is 0 Å². The molecule has 2 aromatic heterocycles. The number of nitrogens with zero attached hydrogens (tertiary/aromatic N) is 2. The molecule has 0 unspecified atom stereocenters. The predicted octanol–water partition coefficient (Wildman–Crippen LogP) is 5.97. The minimum Gasteiger partial charge on any atom is -0.326 e. The van der Waals surface area contributed by atoms with Crippen LogP contribution in [0.2, 0.25) is 0 Å². The van der Waals surface area contributed by atoms with Gasteiger partial charge < -0.3 is 5.32 Å². The largest absolute Gasteiger partial charge is 0.326 e. The molecule has 27 heavy (non-hydrogen) atoms. The zero-order valence-corrected chi connectivity index (χ0v) is 16.5. The number of thiazole rings is 1. The molecule has 1 amide bonds. The first-order valence-electron chi connectivity index (χ1n) is 9.81. The van der Waals surface area contributed by atoms with E-state index in [0.717, 1.165) is 44.5 Å². The van der Waals surface area contributed by atoms with Crippen molar-refractivity contribution in [2.75, 3.05) is 5.32 Å². The first-order chi connectivity index (χ1) is 13.2. The van der Waals surface area contributed by atoms with Crippen LogP contribution >= 0.6 is 11.3 Å². The first-order valence-corrected chi connectivity index (χ1v) is 10.6. The minimum atomic E-state index is 0.117. The van der Waals surface area contributed by atoms with Crippen LogP contribution in [0.4, 0.5) is 5.69 Å². The van der Waals surface area contributed by atoms with Crippen molar-refractivity contribution in [1.29, 1.82) is 0 Å². The molecule has 1 saturated carbocycles. The van der Waals surface area contributed by atoms with Gasteiger partial charge in [0.15, 0.2) is 0 Å². The van der Waals surface area contributed by atoms with E-state index in [-0.39, 0.29) is 5.91 Å². The molecule has 1 aliphatic carbocycles. The number of hydrogen-bond acceptors (Lipinski definition) is 4. The number of amides is 1. The molecule has 0 aliphatic heterocycles. The molecule has 0 bridgehead atoms. The number of nitrogens with one attached hydrogen (secondary N) is 1. The van der Waals surface area contributed by atoms with Gasteiger partial charge in [-0.25, -0.2) is 9.97 Å². The number of aryl methyl sites for hydroxylation is 1. The second-order valence-electron chi connectivity index (χ2n) is 7.47. The molecule has 1 fully saturated rings. The molecule has 2 heterocycles. The maximum atomic E-state index is 12.5. The van der Waals surface area contributed by atoms with Crippen LogP contribution in [0.3, 0.4) is 0 Å². The lowest BCUT2D eigenvalue weighted by atomic mass is 9.86.